The summed E-state index contributed by atoms with van der Waals surface area (Å²) in [6, 6.07) is 18.9. The minimum atomic E-state index is 0.439. The molecule has 1 heteroatoms. The van der Waals surface area contributed by atoms with Gasteiger partial charge in [-0.25, -0.2) is 0 Å². The average Bonchev–Trinajstić information content (AvgIpc) is 2.43. The van der Waals surface area contributed by atoms with Crippen molar-refractivity contribution in [3.8, 4) is 0 Å². The molecule has 1 aliphatic rings. The van der Waals surface area contributed by atoms with Crippen LogP contribution >= 0.6 is 0 Å². The molecule has 0 spiro atoms. The van der Waals surface area contributed by atoms with Crippen molar-refractivity contribution in [2.45, 2.75) is 51.6 Å². The van der Waals surface area contributed by atoms with Gasteiger partial charge in [0.1, 0.15) is 0 Å². The second-order valence-corrected chi connectivity index (χ2v) is 6.58. The first-order valence-corrected chi connectivity index (χ1v) is 8.01. The van der Waals surface area contributed by atoms with Gasteiger partial charge in [-0.05, 0) is 50.7 Å². The van der Waals surface area contributed by atoms with Gasteiger partial charge in [0.25, 0.3) is 0 Å². The van der Waals surface area contributed by atoms with Crippen molar-refractivity contribution in [1.29, 1.82) is 0 Å². The van der Waals surface area contributed by atoms with Crippen LogP contribution in [-0.2, 0) is 0 Å². The molecule has 0 amide bonds. The first-order valence-electron chi connectivity index (χ1n) is 8.01. The van der Waals surface area contributed by atoms with E-state index in [0.717, 1.165) is 5.92 Å². The van der Waals surface area contributed by atoms with Crippen molar-refractivity contribution >= 4 is 0 Å². The summed E-state index contributed by atoms with van der Waals surface area (Å²) in [7, 11) is 0. The highest BCUT2D eigenvalue weighted by Crippen LogP contribution is 2.38. The predicted molar refractivity (Wildman–Crippen MR) is 89.7 cm³/mol. The number of rotatable bonds is 4. The van der Waals surface area contributed by atoms with Gasteiger partial charge in [0.15, 0.2) is 0 Å². The van der Waals surface area contributed by atoms with E-state index in [4.69, 9.17) is 0 Å². The highest BCUT2D eigenvalue weighted by molar-refractivity contribution is 5.28. The molecule has 0 aliphatic heterocycles. The Kier molecular flexibility index (Phi) is 4.12. The van der Waals surface area contributed by atoms with E-state index in [1.165, 1.54) is 35.1 Å². The third kappa shape index (κ3) is 3.36. The number of aryl methyl sites for hydroxylation is 2. The zero-order chi connectivity index (χ0) is 14.8. The lowest BCUT2D eigenvalue weighted by Crippen LogP contribution is -2.41. The van der Waals surface area contributed by atoms with Crippen molar-refractivity contribution in [2.24, 2.45) is 0 Å². The third-order valence-electron chi connectivity index (χ3n) is 4.71. The van der Waals surface area contributed by atoms with Gasteiger partial charge in [-0.2, -0.15) is 0 Å². The maximum Gasteiger partial charge on any atom is 0.0294 e. The van der Waals surface area contributed by atoms with Gasteiger partial charge in [0, 0.05) is 12.1 Å². The molecule has 1 aliphatic carbocycles. The Morgan fingerprint density at radius 1 is 0.952 bits per heavy atom. The first kappa shape index (κ1) is 14.3. The topological polar surface area (TPSA) is 12.0 Å². The minimum absolute atomic E-state index is 0.439. The lowest BCUT2D eigenvalue weighted by atomic mass is 9.75. The van der Waals surface area contributed by atoms with Crippen molar-refractivity contribution in [1.82, 2.24) is 5.32 Å². The van der Waals surface area contributed by atoms with E-state index in [1.807, 2.05) is 0 Å². The summed E-state index contributed by atoms with van der Waals surface area (Å²) < 4.78 is 0. The fourth-order valence-electron chi connectivity index (χ4n) is 3.26. The second-order valence-electron chi connectivity index (χ2n) is 6.58. The van der Waals surface area contributed by atoms with Gasteiger partial charge in [0.05, 0.1) is 0 Å². The molecular formula is C20H25N. The largest absolute Gasteiger partial charge is 0.307 e. The lowest BCUT2D eigenvalue weighted by Gasteiger charge is -2.38. The van der Waals surface area contributed by atoms with Gasteiger partial charge in [-0.15, -0.1) is 0 Å². The summed E-state index contributed by atoms with van der Waals surface area (Å²) >= 11 is 0. The smallest absolute Gasteiger partial charge is 0.0294 e. The Hall–Kier alpha value is -1.60. The molecular weight excluding hydrogens is 254 g/mol. The van der Waals surface area contributed by atoms with Crippen molar-refractivity contribution in [3.05, 3.63) is 70.8 Å². The maximum absolute atomic E-state index is 3.77. The summed E-state index contributed by atoms with van der Waals surface area (Å²) in [6.07, 6.45) is 2.53. The quantitative estimate of drug-likeness (QED) is 0.839. The molecule has 1 N–H and O–H groups in total. The van der Waals surface area contributed by atoms with E-state index in [9.17, 15) is 0 Å². The summed E-state index contributed by atoms with van der Waals surface area (Å²) in [6.45, 7) is 6.59. The Balaban J connectivity index is 1.54. The molecule has 0 bridgehead atoms. The number of benzene rings is 2. The zero-order valence-corrected chi connectivity index (χ0v) is 13.3. The van der Waals surface area contributed by atoms with Crippen LogP contribution in [0.15, 0.2) is 48.5 Å². The molecule has 3 rings (SSSR count). The SMILES string of the molecule is Cc1ccc([C@H](C)NC2CC(c3cccc(C)c3)C2)cc1. The Morgan fingerprint density at radius 2 is 1.67 bits per heavy atom. The van der Waals surface area contributed by atoms with E-state index in [-0.39, 0.29) is 0 Å². The van der Waals surface area contributed by atoms with E-state index >= 15 is 0 Å². The Labute approximate surface area is 128 Å². The standard InChI is InChI=1S/C20H25N/c1-14-7-9-17(10-8-14)16(3)21-20-12-19(13-20)18-6-4-5-15(2)11-18/h4-11,16,19-21H,12-13H2,1-3H3/t16-,19?,20?/m0/s1. The summed E-state index contributed by atoms with van der Waals surface area (Å²) in [5.74, 6) is 0.743. The van der Waals surface area contributed by atoms with Gasteiger partial charge in [-0.1, -0.05) is 59.7 Å². The molecule has 2 aromatic rings. The molecule has 0 heterocycles. The molecule has 21 heavy (non-hydrogen) atoms. The first-order chi connectivity index (χ1) is 10.1. The van der Waals surface area contributed by atoms with Crippen LogP contribution in [-0.4, -0.2) is 6.04 Å². The number of hydrogen-bond acceptors (Lipinski definition) is 1. The monoisotopic (exact) mass is 279 g/mol. The molecule has 1 fully saturated rings. The van der Waals surface area contributed by atoms with E-state index in [1.54, 1.807) is 0 Å². The predicted octanol–water partition coefficient (Wildman–Crippen LogP) is 4.90. The zero-order valence-electron chi connectivity index (χ0n) is 13.3. The highest BCUT2D eigenvalue weighted by Gasteiger charge is 2.31. The van der Waals surface area contributed by atoms with Gasteiger partial charge < -0.3 is 5.32 Å². The number of nitrogens with one attached hydrogen (secondary N) is 1. The number of hydrogen-bond donors (Lipinski definition) is 1. The molecule has 0 saturated heterocycles. The van der Waals surface area contributed by atoms with Gasteiger partial charge >= 0.3 is 0 Å². The van der Waals surface area contributed by atoms with Crippen LogP contribution in [0.4, 0.5) is 0 Å². The maximum atomic E-state index is 3.77. The van der Waals surface area contributed by atoms with Crippen LogP contribution in [0, 0.1) is 13.8 Å². The van der Waals surface area contributed by atoms with Crippen LogP contribution in [0.1, 0.15) is 54.0 Å². The molecule has 2 aromatic carbocycles. The summed E-state index contributed by atoms with van der Waals surface area (Å²) in [5.41, 5.74) is 5.60. The van der Waals surface area contributed by atoms with E-state index < -0.39 is 0 Å². The fourth-order valence-corrected chi connectivity index (χ4v) is 3.26. The van der Waals surface area contributed by atoms with Crippen LogP contribution in [0.5, 0.6) is 0 Å². The Morgan fingerprint density at radius 3 is 2.33 bits per heavy atom. The fraction of sp³-hybridized carbons (Fsp3) is 0.400. The molecule has 1 atom stereocenters. The van der Waals surface area contributed by atoms with Crippen molar-refractivity contribution in [3.63, 3.8) is 0 Å². The second kappa shape index (κ2) is 6.03. The average molecular weight is 279 g/mol. The van der Waals surface area contributed by atoms with Gasteiger partial charge in [0.2, 0.25) is 0 Å². The van der Waals surface area contributed by atoms with E-state index in [0.29, 0.717) is 12.1 Å². The molecule has 1 saturated carbocycles. The third-order valence-corrected chi connectivity index (χ3v) is 4.71. The van der Waals surface area contributed by atoms with Crippen LogP contribution < -0.4 is 5.32 Å². The van der Waals surface area contributed by atoms with E-state index in [2.05, 4.69) is 74.6 Å². The normalized spacial score (nSPS) is 22.6. The van der Waals surface area contributed by atoms with Crippen molar-refractivity contribution < 1.29 is 0 Å². The molecule has 1 nitrogen and oxygen atoms in total. The highest BCUT2D eigenvalue weighted by atomic mass is 15.0. The minimum Gasteiger partial charge on any atom is -0.307 e. The van der Waals surface area contributed by atoms with Crippen molar-refractivity contribution in [2.75, 3.05) is 0 Å². The summed E-state index contributed by atoms with van der Waals surface area (Å²) in [4.78, 5) is 0. The van der Waals surface area contributed by atoms with Crippen LogP contribution in [0.3, 0.4) is 0 Å². The molecule has 0 aromatic heterocycles. The Bertz CT molecular complexity index is 593. The lowest BCUT2D eigenvalue weighted by molar-refractivity contribution is 0.271. The van der Waals surface area contributed by atoms with Crippen LogP contribution in [0.25, 0.3) is 0 Å². The molecule has 110 valence electrons. The molecule has 0 unspecified atom stereocenters. The molecule has 0 radical (unpaired) electrons. The summed E-state index contributed by atoms with van der Waals surface area (Å²) in [5, 5.41) is 3.77. The van der Waals surface area contributed by atoms with Crippen LogP contribution in [0.2, 0.25) is 0 Å². The van der Waals surface area contributed by atoms with Gasteiger partial charge in [-0.3, -0.25) is 0 Å².